The van der Waals surface area contributed by atoms with Gasteiger partial charge in [-0.2, -0.15) is 0 Å². The highest BCUT2D eigenvalue weighted by Gasteiger charge is 2.34. The van der Waals surface area contributed by atoms with E-state index in [1.54, 1.807) is 0 Å². The van der Waals surface area contributed by atoms with Gasteiger partial charge in [0.25, 0.3) is 0 Å². The van der Waals surface area contributed by atoms with Crippen LogP contribution < -0.4 is 10.6 Å². The molecular formula is C16H29N3O2. The Hall–Kier alpha value is -0.650. The van der Waals surface area contributed by atoms with Crippen molar-refractivity contribution in [3.8, 4) is 0 Å². The summed E-state index contributed by atoms with van der Waals surface area (Å²) in [6.45, 7) is 5.31. The molecule has 1 aliphatic carbocycles. The van der Waals surface area contributed by atoms with Crippen molar-refractivity contribution in [3.63, 3.8) is 0 Å². The van der Waals surface area contributed by atoms with Gasteiger partial charge in [-0.1, -0.05) is 12.8 Å². The van der Waals surface area contributed by atoms with E-state index in [2.05, 4.69) is 15.5 Å². The van der Waals surface area contributed by atoms with E-state index in [1.165, 1.54) is 32.1 Å². The second-order valence-corrected chi connectivity index (χ2v) is 6.69. The fourth-order valence-electron chi connectivity index (χ4n) is 3.99. The molecule has 3 rings (SSSR count). The van der Waals surface area contributed by atoms with Crippen LogP contribution in [0.1, 0.15) is 38.5 Å². The Kier molecular flexibility index (Phi) is 5.49. The van der Waals surface area contributed by atoms with E-state index in [4.69, 9.17) is 4.74 Å². The predicted molar refractivity (Wildman–Crippen MR) is 82.2 cm³/mol. The second-order valence-electron chi connectivity index (χ2n) is 6.69. The van der Waals surface area contributed by atoms with E-state index in [-0.39, 0.29) is 11.9 Å². The maximum Gasteiger partial charge on any atom is 0.237 e. The van der Waals surface area contributed by atoms with E-state index in [0.29, 0.717) is 6.04 Å². The number of fused-ring (bicyclic) bond motifs is 1. The lowest BCUT2D eigenvalue weighted by Crippen LogP contribution is -2.55. The minimum Gasteiger partial charge on any atom is -0.379 e. The van der Waals surface area contributed by atoms with Crippen LogP contribution in [0.25, 0.3) is 0 Å². The number of nitrogens with one attached hydrogen (secondary N) is 2. The van der Waals surface area contributed by atoms with Gasteiger partial charge in [-0.05, 0) is 31.6 Å². The molecule has 2 N–H and O–H groups in total. The molecule has 0 radical (unpaired) electrons. The standard InChI is InChI=1S/C16H29N3O2/c20-16(17-7-8-19-9-11-21-12-10-19)15-6-5-13-3-1-2-4-14(13)18-15/h13-15,18H,1-12H2,(H,17,20). The number of morpholine rings is 1. The van der Waals surface area contributed by atoms with Crippen molar-refractivity contribution in [2.24, 2.45) is 5.92 Å². The minimum atomic E-state index is 0.0361. The Morgan fingerprint density at radius 3 is 2.81 bits per heavy atom. The molecule has 3 atom stereocenters. The first-order chi connectivity index (χ1) is 10.3. The average Bonchev–Trinajstić information content (AvgIpc) is 2.55. The quantitative estimate of drug-likeness (QED) is 0.803. The van der Waals surface area contributed by atoms with Crippen LogP contribution in [0.15, 0.2) is 0 Å². The molecule has 1 amide bonds. The van der Waals surface area contributed by atoms with Gasteiger partial charge in [0.05, 0.1) is 19.3 Å². The van der Waals surface area contributed by atoms with Gasteiger partial charge in [0.2, 0.25) is 5.91 Å². The maximum absolute atomic E-state index is 12.3. The number of piperidine rings is 1. The van der Waals surface area contributed by atoms with Gasteiger partial charge in [0.1, 0.15) is 0 Å². The summed E-state index contributed by atoms with van der Waals surface area (Å²) >= 11 is 0. The predicted octanol–water partition coefficient (Wildman–Crippen LogP) is 0.746. The summed E-state index contributed by atoms with van der Waals surface area (Å²) in [6, 6.07) is 0.622. The molecule has 3 fully saturated rings. The van der Waals surface area contributed by atoms with Crippen molar-refractivity contribution in [1.82, 2.24) is 15.5 Å². The summed E-state index contributed by atoms with van der Waals surface area (Å²) < 4.78 is 5.33. The third-order valence-corrected chi connectivity index (χ3v) is 5.30. The highest BCUT2D eigenvalue weighted by Crippen LogP contribution is 2.32. The van der Waals surface area contributed by atoms with Crippen molar-refractivity contribution in [2.75, 3.05) is 39.4 Å². The number of carbonyl (C=O) groups is 1. The van der Waals surface area contributed by atoms with Crippen molar-refractivity contribution in [2.45, 2.75) is 50.6 Å². The van der Waals surface area contributed by atoms with Crippen LogP contribution in [0.4, 0.5) is 0 Å². The average molecular weight is 295 g/mol. The molecule has 3 unspecified atom stereocenters. The van der Waals surface area contributed by atoms with Gasteiger partial charge in [0.15, 0.2) is 0 Å². The van der Waals surface area contributed by atoms with Gasteiger partial charge < -0.3 is 15.4 Å². The van der Waals surface area contributed by atoms with Crippen LogP contribution in [0, 0.1) is 5.92 Å². The van der Waals surface area contributed by atoms with Crippen LogP contribution in [-0.2, 0) is 9.53 Å². The first kappa shape index (κ1) is 15.3. The lowest BCUT2D eigenvalue weighted by atomic mass is 9.77. The SMILES string of the molecule is O=C(NCCN1CCOCC1)C1CCC2CCCCC2N1. The normalized spacial score (nSPS) is 34.2. The lowest BCUT2D eigenvalue weighted by molar-refractivity contribution is -0.124. The highest BCUT2D eigenvalue weighted by molar-refractivity contribution is 5.81. The van der Waals surface area contributed by atoms with Crippen molar-refractivity contribution in [1.29, 1.82) is 0 Å². The fourth-order valence-corrected chi connectivity index (χ4v) is 3.99. The molecule has 3 aliphatic rings. The molecule has 2 aliphatic heterocycles. The molecule has 120 valence electrons. The number of hydrogen-bond donors (Lipinski definition) is 2. The van der Waals surface area contributed by atoms with Gasteiger partial charge in [-0.15, -0.1) is 0 Å². The van der Waals surface area contributed by atoms with Crippen LogP contribution in [0.5, 0.6) is 0 Å². The summed E-state index contributed by atoms with van der Waals surface area (Å²) in [5, 5.41) is 6.71. The smallest absolute Gasteiger partial charge is 0.237 e. The molecule has 0 aromatic heterocycles. The monoisotopic (exact) mass is 295 g/mol. The Balaban J connectivity index is 1.37. The van der Waals surface area contributed by atoms with Crippen molar-refractivity contribution in [3.05, 3.63) is 0 Å². The number of hydrogen-bond acceptors (Lipinski definition) is 4. The maximum atomic E-state index is 12.3. The third-order valence-electron chi connectivity index (χ3n) is 5.30. The molecule has 2 saturated heterocycles. The first-order valence-corrected chi connectivity index (χ1v) is 8.67. The first-order valence-electron chi connectivity index (χ1n) is 8.67. The summed E-state index contributed by atoms with van der Waals surface area (Å²) in [6.07, 6.45) is 7.52. The Labute approximate surface area is 127 Å². The van der Waals surface area contributed by atoms with Crippen LogP contribution in [0.2, 0.25) is 0 Å². The topological polar surface area (TPSA) is 53.6 Å². The molecule has 1 saturated carbocycles. The molecule has 0 spiro atoms. The molecule has 0 aromatic carbocycles. The fraction of sp³-hybridized carbons (Fsp3) is 0.938. The molecule has 21 heavy (non-hydrogen) atoms. The van der Waals surface area contributed by atoms with Crippen LogP contribution in [0.3, 0.4) is 0 Å². The molecule has 0 bridgehead atoms. The molecule has 5 heteroatoms. The van der Waals surface area contributed by atoms with Gasteiger partial charge in [-0.3, -0.25) is 9.69 Å². The highest BCUT2D eigenvalue weighted by atomic mass is 16.5. The largest absolute Gasteiger partial charge is 0.379 e. The zero-order chi connectivity index (χ0) is 14.5. The Morgan fingerprint density at radius 1 is 1.14 bits per heavy atom. The Morgan fingerprint density at radius 2 is 1.95 bits per heavy atom. The summed E-state index contributed by atoms with van der Waals surface area (Å²) in [4.78, 5) is 14.7. The van der Waals surface area contributed by atoms with Gasteiger partial charge in [-0.25, -0.2) is 0 Å². The van der Waals surface area contributed by atoms with Crippen LogP contribution >= 0.6 is 0 Å². The van der Waals surface area contributed by atoms with Crippen molar-refractivity contribution >= 4 is 5.91 Å². The number of rotatable bonds is 4. The van der Waals surface area contributed by atoms with E-state index >= 15 is 0 Å². The van der Waals surface area contributed by atoms with Crippen molar-refractivity contribution < 1.29 is 9.53 Å². The molecular weight excluding hydrogens is 266 g/mol. The zero-order valence-electron chi connectivity index (χ0n) is 13.0. The van der Waals surface area contributed by atoms with Gasteiger partial charge in [0, 0.05) is 32.2 Å². The van der Waals surface area contributed by atoms with E-state index in [9.17, 15) is 4.79 Å². The second kappa shape index (κ2) is 7.56. The van der Waals surface area contributed by atoms with E-state index in [1.807, 2.05) is 0 Å². The number of amides is 1. The third kappa shape index (κ3) is 4.18. The lowest BCUT2D eigenvalue weighted by Gasteiger charge is -2.40. The summed E-state index contributed by atoms with van der Waals surface area (Å²) in [5.74, 6) is 1.02. The van der Waals surface area contributed by atoms with Gasteiger partial charge >= 0.3 is 0 Å². The molecule has 2 heterocycles. The Bertz CT molecular complexity index is 344. The number of nitrogens with zero attached hydrogens (tertiary/aromatic N) is 1. The van der Waals surface area contributed by atoms with Crippen LogP contribution in [-0.4, -0.2) is 62.3 Å². The zero-order valence-corrected chi connectivity index (χ0v) is 13.0. The summed E-state index contributed by atoms with van der Waals surface area (Å²) in [5.41, 5.74) is 0. The summed E-state index contributed by atoms with van der Waals surface area (Å²) in [7, 11) is 0. The molecule has 0 aromatic rings. The number of ether oxygens (including phenoxy) is 1. The molecule has 5 nitrogen and oxygen atoms in total. The van der Waals surface area contributed by atoms with E-state index < -0.39 is 0 Å². The number of carbonyl (C=O) groups excluding carboxylic acids is 1. The van der Waals surface area contributed by atoms with E-state index in [0.717, 1.165) is 51.7 Å². The minimum absolute atomic E-state index is 0.0361.